The van der Waals surface area contributed by atoms with E-state index < -0.39 is 6.03 Å². The minimum atomic E-state index is -0.738. The number of nitrogens with one attached hydrogen (secondary N) is 3. The van der Waals surface area contributed by atoms with Crippen LogP contribution in [0.25, 0.3) is 0 Å². The SMILES string of the molecule is N#Cc1ccc(C#Cc2cc(NC(N)=O)c(C(=O)N[C@H]3CCCNC3)s2)cc1. The van der Waals surface area contributed by atoms with Crippen molar-refractivity contribution >= 4 is 29.0 Å². The second kappa shape index (κ2) is 9.05. The second-order valence-corrected chi connectivity index (χ2v) is 7.35. The molecule has 142 valence electrons. The molecule has 0 radical (unpaired) electrons. The van der Waals surface area contributed by atoms with Crippen LogP contribution in [0.15, 0.2) is 30.3 Å². The first-order valence-electron chi connectivity index (χ1n) is 8.79. The summed E-state index contributed by atoms with van der Waals surface area (Å²) in [6.45, 7) is 1.68. The van der Waals surface area contributed by atoms with Gasteiger partial charge in [0, 0.05) is 18.2 Å². The van der Waals surface area contributed by atoms with E-state index in [1.54, 1.807) is 30.3 Å². The van der Waals surface area contributed by atoms with E-state index in [-0.39, 0.29) is 11.9 Å². The summed E-state index contributed by atoms with van der Waals surface area (Å²) in [5.74, 6) is 5.73. The van der Waals surface area contributed by atoms with E-state index in [0.29, 0.717) is 21.0 Å². The molecule has 0 bridgehead atoms. The minimum Gasteiger partial charge on any atom is -0.351 e. The van der Waals surface area contributed by atoms with Crippen molar-refractivity contribution < 1.29 is 9.59 Å². The topological polar surface area (TPSA) is 120 Å². The zero-order valence-corrected chi connectivity index (χ0v) is 15.9. The molecule has 0 spiro atoms. The molecule has 1 aromatic carbocycles. The number of nitrogens with two attached hydrogens (primary N) is 1. The number of carbonyl (C=O) groups is 2. The Bertz CT molecular complexity index is 973. The molecule has 0 saturated carbocycles. The zero-order valence-electron chi connectivity index (χ0n) is 15.0. The lowest BCUT2D eigenvalue weighted by molar-refractivity contribution is 0.0935. The van der Waals surface area contributed by atoms with E-state index in [1.807, 2.05) is 0 Å². The fraction of sp³-hybridized carbons (Fsp3) is 0.250. The molecule has 1 aliphatic rings. The highest BCUT2D eigenvalue weighted by atomic mass is 32.1. The molecule has 2 aromatic rings. The van der Waals surface area contributed by atoms with Gasteiger partial charge in [-0.2, -0.15) is 5.26 Å². The lowest BCUT2D eigenvalue weighted by atomic mass is 10.1. The largest absolute Gasteiger partial charge is 0.351 e. The smallest absolute Gasteiger partial charge is 0.316 e. The Morgan fingerprint density at radius 2 is 1.96 bits per heavy atom. The van der Waals surface area contributed by atoms with Crippen molar-refractivity contribution in [3.8, 4) is 17.9 Å². The Morgan fingerprint density at radius 1 is 1.21 bits per heavy atom. The van der Waals surface area contributed by atoms with Crippen LogP contribution in [0, 0.1) is 23.2 Å². The molecule has 1 atom stereocenters. The third-order valence-electron chi connectivity index (χ3n) is 4.17. The third kappa shape index (κ3) is 5.10. The lowest BCUT2D eigenvalue weighted by Gasteiger charge is -2.23. The van der Waals surface area contributed by atoms with E-state index in [1.165, 1.54) is 11.3 Å². The molecular weight excluding hydrogens is 374 g/mol. The number of carbonyl (C=O) groups excluding carboxylic acids is 2. The van der Waals surface area contributed by atoms with Crippen molar-refractivity contribution in [1.82, 2.24) is 10.6 Å². The van der Waals surface area contributed by atoms with E-state index in [9.17, 15) is 9.59 Å². The summed E-state index contributed by atoms with van der Waals surface area (Å²) in [6, 6.07) is 9.90. The number of hydrogen-bond donors (Lipinski definition) is 4. The van der Waals surface area contributed by atoms with Gasteiger partial charge in [-0.3, -0.25) is 4.79 Å². The number of thiophene rings is 1. The van der Waals surface area contributed by atoms with Crippen molar-refractivity contribution in [2.24, 2.45) is 5.73 Å². The molecule has 2 heterocycles. The van der Waals surface area contributed by atoms with Crippen LogP contribution in [0.5, 0.6) is 0 Å². The van der Waals surface area contributed by atoms with Crippen LogP contribution in [-0.4, -0.2) is 31.1 Å². The van der Waals surface area contributed by atoms with Crippen molar-refractivity contribution in [2.45, 2.75) is 18.9 Å². The summed E-state index contributed by atoms with van der Waals surface area (Å²) in [5.41, 5.74) is 6.89. The maximum absolute atomic E-state index is 12.7. The molecule has 0 unspecified atom stereocenters. The van der Waals surface area contributed by atoms with Gasteiger partial charge in [0.05, 0.1) is 22.2 Å². The molecule has 28 heavy (non-hydrogen) atoms. The first kappa shape index (κ1) is 19.4. The van der Waals surface area contributed by atoms with E-state index in [0.717, 1.165) is 31.5 Å². The van der Waals surface area contributed by atoms with Gasteiger partial charge in [-0.05, 0) is 49.7 Å². The van der Waals surface area contributed by atoms with Gasteiger partial charge in [0.25, 0.3) is 5.91 Å². The number of nitrogens with zero attached hydrogens (tertiary/aromatic N) is 1. The first-order valence-corrected chi connectivity index (χ1v) is 9.61. The Balaban J connectivity index is 1.80. The predicted molar refractivity (Wildman–Crippen MR) is 108 cm³/mol. The van der Waals surface area contributed by atoms with Gasteiger partial charge in [0.1, 0.15) is 4.88 Å². The van der Waals surface area contributed by atoms with Crippen LogP contribution in [-0.2, 0) is 0 Å². The van der Waals surface area contributed by atoms with Crippen LogP contribution in [0.4, 0.5) is 10.5 Å². The van der Waals surface area contributed by atoms with Gasteiger partial charge in [-0.25, -0.2) is 4.79 Å². The molecule has 3 amide bonds. The molecule has 8 heteroatoms. The van der Waals surface area contributed by atoms with Crippen LogP contribution in [0.1, 0.15) is 38.5 Å². The second-order valence-electron chi connectivity index (χ2n) is 6.30. The first-order chi connectivity index (χ1) is 13.5. The molecule has 3 rings (SSSR count). The summed E-state index contributed by atoms with van der Waals surface area (Å²) in [6.07, 6.45) is 1.91. The average molecular weight is 393 g/mol. The molecular formula is C20H19N5O2S. The van der Waals surface area contributed by atoms with E-state index in [2.05, 4.69) is 33.9 Å². The summed E-state index contributed by atoms with van der Waals surface area (Å²) in [7, 11) is 0. The molecule has 1 fully saturated rings. The third-order valence-corrected chi connectivity index (χ3v) is 5.22. The maximum atomic E-state index is 12.7. The summed E-state index contributed by atoms with van der Waals surface area (Å²) in [4.78, 5) is 25.0. The normalized spacial score (nSPS) is 15.6. The maximum Gasteiger partial charge on any atom is 0.316 e. The molecule has 0 aliphatic carbocycles. The average Bonchev–Trinajstić information content (AvgIpc) is 3.09. The molecule has 5 N–H and O–H groups in total. The number of urea groups is 1. The molecule has 1 aliphatic heterocycles. The predicted octanol–water partition coefficient (Wildman–Crippen LogP) is 1.99. The zero-order chi connectivity index (χ0) is 19.9. The number of amides is 3. The van der Waals surface area contributed by atoms with E-state index in [4.69, 9.17) is 11.0 Å². The monoisotopic (exact) mass is 393 g/mol. The lowest BCUT2D eigenvalue weighted by Crippen LogP contribution is -2.45. The molecule has 7 nitrogen and oxygen atoms in total. The fourth-order valence-electron chi connectivity index (χ4n) is 2.83. The van der Waals surface area contributed by atoms with Crippen molar-refractivity contribution in [3.05, 3.63) is 51.2 Å². The van der Waals surface area contributed by atoms with Crippen LogP contribution in [0.2, 0.25) is 0 Å². The number of rotatable bonds is 3. The number of nitriles is 1. The highest BCUT2D eigenvalue weighted by Gasteiger charge is 2.21. The molecule has 1 saturated heterocycles. The van der Waals surface area contributed by atoms with Crippen LogP contribution in [0.3, 0.4) is 0 Å². The van der Waals surface area contributed by atoms with E-state index >= 15 is 0 Å². The standard InChI is InChI=1S/C20H19N5O2S/c21-11-14-5-3-13(4-6-14)7-8-16-10-17(25-20(22)27)18(28-16)19(26)24-15-2-1-9-23-12-15/h3-6,10,15,23H,1-2,9,12H2,(H,24,26)(H3,22,25,27)/t15-/m0/s1. The van der Waals surface area contributed by atoms with Gasteiger partial charge < -0.3 is 21.7 Å². The fourth-order valence-corrected chi connectivity index (χ4v) is 3.70. The van der Waals surface area contributed by atoms with Gasteiger partial charge >= 0.3 is 6.03 Å². The number of anilines is 1. The number of primary amides is 1. The van der Waals surface area contributed by atoms with Crippen LogP contribution >= 0.6 is 11.3 Å². The molecule has 1 aromatic heterocycles. The summed E-state index contributed by atoms with van der Waals surface area (Å²) in [5, 5.41) is 17.6. The number of piperidine rings is 1. The van der Waals surface area contributed by atoms with Gasteiger partial charge in [0.2, 0.25) is 0 Å². The van der Waals surface area contributed by atoms with Gasteiger partial charge in [-0.1, -0.05) is 11.8 Å². The van der Waals surface area contributed by atoms with Crippen molar-refractivity contribution in [1.29, 1.82) is 5.26 Å². The Kier molecular flexibility index (Phi) is 6.28. The van der Waals surface area contributed by atoms with Crippen molar-refractivity contribution in [2.75, 3.05) is 18.4 Å². The number of hydrogen-bond acceptors (Lipinski definition) is 5. The Labute approximate surface area is 166 Å². The summed E-state index contributed by atoms with van der Waals surface area (Å²) >= 11 is 1.20. The minimum absolute atomic E-state index is 0.0537. The highest BCUT2D eigenvalue weighted by Crippen LogP contribution is 2.27. The van der Waals surface area contributed by atoms with Crippen LogP contribution < -0.4 is 21.7 Å². The van der Waals surface area contributed by atoms with Gasteiger partial charge in [-0.15, -0.1) is 11.3 Å². The summed E-state index contributed by atoms with van der Waals surface area (Å²) < 4.78 is 0. The van der Waals surface area contributed by atoms with Gasteiger partial charge in [0.15, 0.2) is 0 Å². The number of benzene rings is 1. The quantitative estimate of drug-likeness (QED) is 0.596. The van der Waals surface area contributed by atoms with Crippen molar-refractivity contribution in [3.63, 3.8) is 0 Å². The Hall–Kier alpha value is -3.33. The highest BCUT2D eigenvalue weighted by molar-refractivity contribution is 7.15. The Morgan fingerprint density at radius 3 is 2.61 bits per heavy atom.